The van der Waals surface area contributed by atoms with Crippen molar-refractivity contribution in [1.29, 1.82) is 0 Å². The zero-order chi connectivity index (χ0) is 23.4. The van der Waals surface area contributed by atoms with Gasteiger partial charge in [0.15, 0.2) is 12.4 Å². The van der Waals surface area contributed by atoms with Crippen molar-refractivity contribution in [3.05, 3.63) is 72.1 Å². The molecule has 3 aromatic heterocycles. The molecule has 33 heavy (non-hydrogen) atoms. The maximum atomic E-state index is 13.0. The molecule has 2 N–H and O–H groups in total. The quantitative estimate of drug-likeness (QED) is 0.428. The number of hydrogen-bond donors (Lipinski definition) is 2. The molecular weight excluding hydrogens is 424 g/mol. The van der Waals surface area contributed by atoms with Crippen LogP contribution in [-0.2, 0) is 20.3 Å². The number of carbonyl (C=O) groups is 2. The second kappa shape index (κ2) is 9.39. The van der Waals surface area contributed by atoms with Crippen LogP contribution in [0.15, 0.2) is 55.0 Å². The maximum absolute atomic E-state index is 13.0. The molecule has 2 amide bonds. The van der Waals surface area contributed by atoms with Gasteiger partial charge < -0.3 is 15.4 Å². The first-order valence-electron chi connectivity index (χ1n) is 10.3. The van der Waals surface area contributed by atoms with E-state index in [1.807, 2.05) is 44.2 Å². The first-order chi connectivity index (χ1) is 16.0. The number of hydrogen-bond acceptors (Lipinski definition) is 6. The molecule has 0 aliphatic heterocycles. The number of ether oxygens (including phenoxy) is 1. The third-order valence-electron chi connectivity index (χ3n) is 5.07. The fourth-order valence-corrected chi connectivity index (χ4v) is 3.16. The van der Waals surface area contributed by atoms with E-state index in [4.69, 9.17) is 4.74 Å². The monoisotopic (exact) mass is 448 g/mol. The van der Waals surface area contributed by atoms with E-state index in [0.29, 0.717) is 18.0 Å². The first-order valence-corrected chi connectivity index (χ1v) is 10.3. The van der Waals surface area contributed by atoms with Gasteiger partial charge in [-0.05, 0) is 32.0 Å². The standard InChI is InChI=1S/C22H24N8O3/c1-4-30-20(22(32)25-18-12-23-28(3)15(18)2)19(13-24-30)26-21(31)17-10-11-29(27-17)14-33-16-8-6-5-7-9-16/h5-13H,4,14H2,1-3H3,(H,25,32)(H,26,31). The minimum atomic E-state index is -0.462. The highest BCUT2D eigenvalue weighted by molar-refractivity contribution is 6.11. The van der Waals surface area contributed by atoms with E-state index in [1.165, 1.54) is 15.6 Å². The predicted molar refractivity (Wildman–Crippen MR) is 121 cm³/mol. The zero-order valence-electron chi connectivity index (χ0n) is 18.5. The van der Waals surface area contributed by atoms with Gasteiger partial charge in [0.1, 0.15) is 11.4 Å². The molecule has 0 saturated heterocycles. The van der Waals surface area contributed by atoms with Crippen LogP contribution in [0.1, 0.15) is 33.6 Å². The van der Waals surface area contributed by atoms with Gasteiger partial charge >= 0.3 is 0 Å². The van der Waals surface area contributed by atoms with E-state index in [9.17, 15) is 9.59 Å². The highest BCUT2D eigenvalue weighted by Crippen LogP contribution is 2.20. The number of aryl methyl sites for hydroxylation is 2. The lowest BCUT2D eigenvalue weighted by molar-refractivity contribution is 0.101. The number of para-hydroxylation sites is 1. The summed E-state index contributed by atoms with van der Waals surface area (Å²) in [6, 6.07) is 10.9. The molecule has 0 aliphatic carbocycles. The van der Waals surface area contributed by atoms with Gasteiger partial charge in [0.25, 0.3) is 11.8 Å². The third kappa shape index (κ3) is 4.76. The second-order valence-corrected chi connectivity index (χ2v) is 7.23. The normalized spacial score (nSPS) is 10.8. The molecule has 0 bridgehead atoms. The Morgan fingerprint density at radius 2 is 1.73 bits per heavy atom. The van der Waals surface area contributed by atoms with Crippen LogP contribution in [0.2, 0.25) is 0 Å². The van der Waals surface area contributed by atoms with E-state index in [-0.39, 0.29) is 23.8 Å². The molecule has 0 radical (unpaired) electrons. The van der Waals surface area contributed by atoms with Crippen LogP contribution in [0.25, 0.3) is 0 Å². The molecule has 1 aromatic carbocycles. The fraction of sp³-hybridized carbons (Fsp3) is 0.227. The van der Waals surface area contributed by atoms with Crippen LogP contribution in [0.3, 0.4) is 0 Å². The van der Waals surface area contributed by atoms with E-state index >= 15 is 0 Å². The minimum absolute atomic E-state index is 0.156. The highest BCUT2D eigenvalue weighted by Gasteiger charge is 2.22. The van der Waals surface area contributed by atoms with Gasteiger partial charge in [-0.15, -0.1) is 0 Å². The first kappa shape index (κ1) is 21.8. The molecule has 4 rings (SSSR count). The van der Waals surface area contributed by atoms with Crippen LogP contribution >= 0.6 is 0 Å². The van der Waals surface area contributed by atoms with Crippen molar-refractivity contribution in [2.45, 2.75) is 27.1 Å². The van der Waals surface area contributed by atoms with Crippen LogP contribution in [0, 0.1) is 6.92 Å². The number of nitrogens with zero attached hydrogens (tertiary/aromatic N) is 6. The van der Waals surface area contributed by atoms with Gasteiger partial charge in [0, 0.05) is 19.8 Å². The molecule has 4 aromatic rings. The summed E-state index contributed by atoms with van der Waals surface area (Å²) in [6.45, 7) is 4.32. The van der Waals surface area contributed by atoms with E-state index in [0.717, 1.165) is 5.69 Å². The van der Waals surface area contributed by atoms with Crippen molar-refractivity contribution in [3.63, 3.8) is 0 Å². The number of amides is 2. The van der Waals surface area contributed by atoms with Crippen LogP contribution < -0.4 is 15.4 Å². The van der Waals surface area contributed by atoms with Crippen LogP contribution in [0.5, 0.6) is 5.75 Å². The van der Waals surface area contributed by atoms with E-state index < -0.39 is 11.8 Å². The number of nitrogens with one attached hydrogen (secondary N) is 2. The molecule has 11 nitrogen and oxygen atoms in total. The summed E-state index contributed by atoms with van der Waals surface area (Å²) < 4.78 is 10.3. The molecule has 0 fully saturated rings. The number of rotatable bonds is 8. The number of anilines is 2. The lowest BCUT2D eigenvalue weighted by Gasteiger charge is -2.09. The van der Waals surface area contributed by atoms with Crippen molar-refractivity contribution in [3.8, 4) is 5.75 Å². The molecule has 0 aliphatic rings. The Morgan fingerprint density at radius 3 is 2.42 bits per heavy atom. The van der Waals surface area contributed by atoms with Crippen molar-refractivity contribution < 1.29 is 14.3 Å². The Hall–Kier alpha value is -4.41. The largest absolute Gasteiger partial charge is 0.471 e. The molecule has 170 valence electrons. The molecule has 3 heterocycles. The van der Waals surface area contributed by atoms with Gasteiger partial charge in [-0.1, -0.05) is 18.2 Å². The number of carbonyl (C=O) groups excluding carboxylic acids is 2. The molecule has 0 atom stereocenters. The smallest absolute Gasteiger partial charge is 0.276 e. The molecule has 0 unspecified atom stereocenters. The molecule has 0 saturated carbocycles. The average Bonchev–Trinajstić information content (AvgIpc) is 3.54. The lowest BCUT2D eigenvalue weighted by atomic mass is 10.3. The fourth-order valence-electron chi connectivity index (χ4n) is 3.16. The topological polar surface area (TPSA) is 121 Å². The number of aromatic nitrogens is 6. The number of benzene rings is 1. The Morgan fingerprint density at radius 1 is 1.00 bits per heavy atom. The van der Waals surface area contributed by atoms with Gasteiger partial charge in [0.2, 0.25) is 0 Å². The van der Waals surface area contributed by atoms with Crippen molar-refractivity contribution in [2.24, 2.45) is 7.05 Å². The summed E-state index contributed by atoms with van der Waals surface area (Å²) >= 11 is 0. The summed E-state index contributed by atoms with van der Waals surface area (Å²) in [5.74, 6) is -0.163. The highest BCUT2D eigenvalue weighted by atomic mass is 16.5. The average molecular weight is 448 g/mol. The Kier molecular flexibility index (Phi) is 6.20. The lowest BCUT2D eigenvalue weighted by Crippen LogP contribution is -2.21. The summed E-state index contributed by atoms with van der Waals surface area (Å²) in [5, 5.41) is 18.2. The van der Waals surface area contributed by atoms with Gasteiger partial charge in [-0.3, -0.25) is 19.0 Å². The zero-order valence-corrected chi connectivity index (χ0v) is 18.5. The van der Waals surface area contributed by atoms with Gasteiger partial charge in [-0.25, -0.2) is 4.68 Å². The minimum Gasteiger partial charge on any atom is -0.471 e. The van der Waals surface area contributed by atoms with Crippen molar-refractivity contribution in [2.75, 3.05) is 10.6 Å². The van der Waals surface area contributed by atoms with Crippen LogP contribution in [-0.4, -0.2) is 41.2 Å². The summed E-state index contributed by atoms with van der Waals surface area (Å²) in [6.07, 6.45) is 4.66. The summed E-state index contributed by atoms with van der Waals surface area (Å²) in [5.41, 5.74) is 2.10. The Bertz CT molecular complexity index is 1270. The van der Waals surface area contributed by atoms with E-state index in [1.54, 1.807) is 30.2 Å². The Balaban J connectivity index is 1.46. The van der Waals surface area contributed by atoms with Gasteiger partial charge in [-0.2, -0.15) is 15.3 Å². The summed E-state index contributed by atoms with van der Waals surface area (Å²) in [4.78, 5) is 25.8. The van der Waals surface area contributed by atoms with Gasteiger partial charge in [0.05, 0.1) is 29.5 Å². The SMILES string of the molecule is CCn1ncc(NC(=O)c2ccn(COc3ccccc3)n2)c1C(=O)Nc1cnn(C)c1C. The molecular formula is C22H24N8O3. The second-order valence-electron chi connectivity index (χ2n) is 7.23. The molecule has 11 heteroatoms. The predicted octanol–water partition coefficient (Wildman–Crippen LogP) is 2.68. The molecule has 0 spiro atoms. The maximum Gasteiger partial charge on any atom is 0.276 e. The van der Waals surface area contributed by atoms with E-state index in [2.05, 4.69) is 25.9 Å². The van der Waals surface area contributed by atoms with Crippen molar-refractivity contribution >= 4 is 23.2 Å². The van der Waals surface area contributed by atoms with Crippen LogP contribution in [0.4, 0.5) is 11.4 Å². The van der Waals surface area contributed by atoms with Crippen molar-refractivity contribution in [1.82, 2.24) is 29.3 Å². The third-order valence-corrected chi connectivity index (χ3v) is 5.07. The Labute approximate surface area is 190 Å². The summed E-state index contributed by atoms with van der Waals surface area (Å²) in [7, 11) is 1.79.